The number of hydrogen-bond acceptors (Lipinski definition) is 5. The van der Waals surface area contributed by atoms with Crippen LogP contribution in [0.15, 0.2) is 47.3 Å². The molecule has 1 amide bonds. The van der Waals surface area contributed by atoms with Gasteiger partial charge in [0.2, 0.25) is 5.91 Å². The van der Waals surface area contributed by atoms with Gasteiger partial charge in [-0.05, 0) is 42.7 Å². The van der Waals surface area contributed by atoms with E-state index in [0.29, 0.717) is 43.9 Å². The molecule has 1 heterocycles. The van der Waals surface area contributed by atoms with Gasteiger partial charge < -0.3 is 14.8 Å². The van der Waals surface area contributed by atoms with Gasteiger partial charge in [0.25, 0.3) is 5.56 Å². The molecule has 0 aliphatic carbocycles. The second-order valence-corrected chi connectivity index (χ2v) is 7.45. The molecule has 0 fully saturated rings. The minimum absolute atomic E-state index is 0.00497. The Bertz CT molecular complexity index is 1010. The van der Waals surface area contributed by atoms with E-state index in [-0.39, 0.29) is 11.5 Å². The first-order valence-corrected chi connectivity index (χ1v) is 9.96. The Balaban J connectivity index is 1.43. The summed E-state index contributed by atoms with van der Waals surface area (Å²) in [5, 5.41) is 3.67. The van der Waals surface area contributed by atoms with Crippen molar-refractivity contribution in [3.05, 3.63) is 58.4 Å². The summed E-state index contributed by atoms with van der Waals surface area (Å²) in [6.07, 6.45) is 1.74. The lowest BCUT2D eigenvalue weighted by molar-refractivity contribution is -0.121. The number of nitrogens with one attached hydrogen (secondary N) is 1. The van der Waals surface area contributed by atoms with E-state index in [1.165, 1.54) is 11.5 Å². The van der Waals surface area contributed by atoms with Crippen LogP contribution in [-0.2, 0) is 17.8 Å². The van der Waals surface area contributed by atoms with Crippen molar-refractivity contribution in [3.63, 3.8) is 0 Å². The van der Waals surface area contributed by atoms with Crippen molar-refractivity contribution >= 4 is 27.5 Å². The molecule has 7 heteroatoms. The zero-order valence-corrected chi connectivity index (χ0v) is 16.9. The van der Waals surface area contributed by atoms with Crippen molar-refractivity contribution in [1.82, 2.24) is 9.27 Å². The Hall–Kier alpha value is -2.80. The zero-order chi connectivity index (χ0) is 19.9. The highest BCUT2D eigenvalue weighted by atomic mass is 32.1. The molecule has 1 N–H and O–H groups in total. The molecule has 3 rings (SSSR count). The van der Waals surface area contributed by atoms with Crippen molar-refractivity contribution < 1.29 is 14.3 Å². The van der Waals surface area contributed by atoms with E-state index in [1.54, 1.807) is 18.2 Å². The van der Waals surface area contributed by atoms with Crippen LogP contribution in [-0.4, -0.2) is 30.6 Å². The topological polar surface area (TPSA) is 69.6 Å². The first-order valence-electron chi connectivity index (χ1n) is 9.19. The Labute approximate surface area is 167 Å². The number of carbonyl (C=O) groups is 1. The summed E-state index contributed by atoms with van der Waals surface area (Å²) in [6.45, 7) is 1.11. The van der Waals surface area contributed by atoms with E-state index in [2.05, 4.69) is 5.32 Å². The lowest BCUT2D eigenvalue weighted by atomic mass is 10.1. The quantitative estimate of drug-likeness (QED) is 0.599. The van der Waals surface area contributed by atoms with E-state index < -0.39 is 0 Å². The maximum atomic E-state index is 12.3. The van der Waals surface area contributed by atoms with E-state index in [4.69, 9.17) is 9.47 Å². The number of amides is 1. The van der Waals surface area contributed by atoms with Crippen LogP contribution in [0.25, 0.3) is 10.1 Å². The Morgan fingerprint density at radius 1 is 1.11 bits per heavy atom. The summed E-state index contributed by atoms with van der Waals surface area (Å²) < 4.78 is 13.2. The number of carbonyl (C=O) groups excluding carboxylic acids is 1. The monoisotopic (exact) mass is 400 g/mol. The molecular formula is C21H24N2O4S. The number of nitrogens with zero attached hydrogens (tertiary/aromatic N) is 1. The standard InChI is InChI=1S/C21H24N2O4S/c1-26-17-10-9-15(14-18(17)27-2)11-12-22-20(24)8-5-13-23-21(25)16-6-3-4-7-19(16)28-23/h3-4,6-7,9-10,14H,5,8,11-13H2,1-2H3,(H,22,24). The predicted molar refractivity (Wildman–Crippen MR) is 112 cm³/mol. The zero-order valence-electron chi connectivity index (χ0n) is 16.1. The molecule has 148 valence electrons. The van der Waals surface area contributed by atoms with Gasteiger partial charge in [0.05, 0.1) is 24.3 Å². The Morgan fingerprint density at radius 3 is 2.64 bits per heavy atom. The molecule has 2 aromatic carbocycles. The summed E-state index contributed by atoms with van der Waals surface area (Å²) in [5.41, 5.74) is 1.09. The summed E-state index contributed by atoms with van der Waals surface area (Å²) in [7, 11) is 3.20. The van der Waals surface area contributed by atoms with Crippen LogP contribution in [0, 0.1) is 0 Å². The maximum Gasteiger partial charge on any atom is 0.268 e. The summed E-state index contributed by atoms with van der Waals surface area (Å²) in [5.74, 6) is 1.36. The largest absolute Gasteiger partial charge is 0.493 e. The molecule has 0 radical (unpaired) electrons. The van der Waals surface area contributed by atoms with E-state index in [9.17, 15) is 9.59 Å². The normalized spacial score (nSPS) is 10.8. The third kappa shape index (κ3) is 4.72. The minimum Gasteiger partial charge on any atom is -0.493 e. The van der Waals surface area contributed by atoms with E-state index in [0.717, 1.165) is 15.6 Å². The highest BCUT2D eigenvalue weighted by Crippen LogP contribution is 2.27. The van der Waals surface area contributed by atoms with Crippen molar-refractivity contribution in [2.75, 3.05) is 20.8 Å². The molecule has 28 heavy (non-hydrogen) atoms. The van der Waals surface area contributed by atoms with Crippen LogP contribution in [0.1, 0.15) is 18.4 Å². The molecular weight excluding hydrogens is 376 g/mol. The van der Waals surface area contributed by atoms with Gasteiger partial charge in [0.15, 0.2) is 11.5 Å². The van der Waals surface area contributed by atoms with Gasteiger partial charge in [0, 0.05) is 19.5 Å². The van der Waals surface area contributed by atoms with Gasteiger partial charge in [0.1, 0.15) is 0 Å². The predicted octanol–water partition coefficient (Wildman–Crippen LogP) is 3.22. The fourth-order valence-electron chi connectivity index (χ4n) is 3.02. The summed E-state index contributed by atoms with van der Waals surface area (Å²) >= 11 is 1.45. The first kappa shape index (κ1) is 19.9. The Kier molecular flexibility index (Phi) is 6.71. The molecule has 3 aromatic rings. The number of fused-ring (bicyclic) bond motifs is 1. The lowest BCUT2D eigenvalue weighted by Crippen LogP contribution is -2.26. The average molecular weight is 401 g/mol. The third-order valence-electron chi connectivity index (χ3n) is 4.50. The van der Waals surface area contributed by atoms with Crippen molar-refractivity contribution in [3.8, 4) is 11.5 Å². The van der Waals surface area contributed by atoms with Crippen molar-refractivity contribution in [2.45, 2.75) is 25.8 Å². The molecule has 0 aliphatic heterocycles. The number of methoxy groups -OCH3 is 2. The number of aryl methyl sites for hydroxylation is 1. The number of hydrogen-bond donors (Lipinski definition) is 1. The molecule has 0 saturated carbocycles. The number of rotatable bonds is 9. The minimum atomic E-state index is -0.00497. The third-order valence-corrected chi connectivity index (χ3v) is 5.62. The number of aromatic nitrogens is 1. The summed E-state index contributed by atoms with van der Waals surface area (Å²) in [4.78, 5) is 24.3. The average Bonchev–Trinajstić information content (AvgIpc) is 3.04. The molecule has 0 atom stereocenters. The second-order valence-electron chi connectivity index (χ2n) is 6.39. The lowest BCUT2D eigenvalue weighted by Gasteiger charge is -2.10. The van der Waals surface area contributed by atoms with Crippen LogP contribution < -0.4 is 20.3 Å². The first-order chi connectivity index (χ1) is 13.6. The number of benzene rings is 2. The van der Waals surface area contributed by atoms with Crippen LogP contribution in [0.3, 0.4) is 0 Å². The van der Waals surface area contributed by atoms with Gasteiger partial charge in [-0.3, -0.25) is 13.5 Å². The van der Waals surface area contributed by atoms with Gasteiger partial charge in [-0.25, -0.2) is 0 Å². The Morgan fingerprint density at radius 2 is 1.89 bits per heavy atom. The highest BCUT2D eigenvalue weighted by molar-refractivity contribution is 7.13. The molecule has 0 bridgehead atoms. The summed E-state index contributed by atoms with van der Waals surface area (Å²) in [6, 6.07) is 13.3. The van der Waals surface area contributed by atoms with Gasteiger partial charge in [-0.2, -0.15) is 0 Å². The van der Waals surface area contributed by atoms with Gasteiger partial charge in [-0.1, -0.05) is 29.7 Å². The molecule has 0 saturated heterocycles. The number of ether oxygens (including phenoxy) is 2. The molecule has 0 spiro atoms. The van der Waals surface area contributed by atoms with Crippen LogP contribution in [0.2, 0.25) is 0 Å². The molecule has 1 aromatic heterocycles. The van der Waals surface area contributed by atoms with E-state index >= 15 is 0 Å². The molecule has 0 aliphatic rings. The van der Waals surface area contributed by atoms with Gasteiger partial charge in [-0.15, -0.1) is 0 Å². The smallest absolute Gasteiger partial charge is 0.268 e. The maximum absolute atomic E-state index is 12.3. The van der Waals surface area contributed by atoms with Crippen molar-refractivity contribution in [2.24, 2.45) is 0 Å². The SMILES string of the molecule is COc1ccc(CCNC(=O)CCCn2sc3ccccc3c2=O)cc1OC. The van der Waals surface area contributed by atoms with Crippen molar-refractivity contribution in [1.29, 1.82) is 0 Å². The van der Waals surface area contributed by atoms with Gasteiger partial charge >= 0.3 is 0 Å². The molecule has 0 unspecified atom stereocenters. The fraction of sp³-hybridized carbons (Fsp3) is 0.333. The fourth-order valence-corrected chi connectivity index (χ4v) is 4.05. The van der Waals surface area contributed by atoms with Crippen LogP contribution >= 0.6 is 11.5 Å². The highest BCUT2D eigenvalue weighted by Gasteiger charge is 2.08. The van der Waals surface area contributed by atoms with Crippen LogP contribution in [0.5, 0.6) is 11.5 Å². The van der Waals surface area contributed by atoms with Crippen LogP contribution in [0.4, 0.5) is 0 Å². The molecule has 6 nitrogen and oxygen atoms in total. The second kappa shape index (κ2) is 9.41. The van der Waals surface area contributed by atoms with E-state index in [1.807, 2.05) is 42.5 Å².